The molecule has 0 bridgehead atoms. The molecule has 1 saturated carbocycles. The summed E-state index contributed by atoms with van der Waals surface area (Å²) in [7, 11) is 0. The normalized spacial score (nSPS) is 25.0. The lowest BCUT2D eigenvalue weighted by molar-refractivity contribution is 0.169. The van der Waals surface area contributed by atoms with Crippen molar-refractivity contribution in [2.24, 2.45) is 0 Å². The number of alkyl halides is 1. The first-order valence-corrected chi connectivity index (χ1v) is 12.3. The summed E-state index contributed by atoms with van der Waals surface area (Å²) in [5.74, 6) is 1.61. The van der Waals surface area contributed by atoms with Crippen LogP contribution in [-0.2, 0) is 5.41 Å². The molecule has 2 aliphatic heterocycles. The summed E-state index contributed by atoms with van der Waals surface area (Å²) in [6.45, 7) is 11.4. The molecule has 1 aliphatic carbocycles. The van der Waals surface area contributed by atoms with Crippen LogP contribution in [0.4, 0.5) is 20.7 Å². The first-order valence-electron chi connectivity index (χ1n) is 12.3. The molecule has 184 valence electrons. The monoisotopic (exact) mass is 471 g/mol. The minimum Gasteiger partial charge on any atom is -0.352 e. The number of nitrogens with one attached hydrogen (secondary N) is 1. The van der Waals surface area contributed by atoms with Gasteiger partial charge in [-0.05, 0) is 45.2 Å². The number of urea groups is 1. The Morgan fingerprint density at radius 1 is 1.21 bits per heavy atom. The van der Waals surface area contributed by atoms with Gasteiger partial charge in [0.15, 0.2) is 11.6 Å². The number of piperazine rings is 1. The predicted molar refractivity (Wildman–Crippen MR) is 127 cm³/mol. The smallest absolute Gasteiger partial charge is 0.321 e. The first-order chi connectivity index (χ1) is 16.3. The van der Waals surface area contributed by atoms with Crippen molar-refractivity contribution < 1.29 is 13.7 Å². The highest BCUT2D eigenvalue weighted by molar-refractivity contribution is 5.92. The fourth-order valence-electron chi connectivity index (χ4n) is 4.87. The minimum absolute atomic E-state index is 0.121. The van der Waals surface area contributed by atoms with Crippen molar-refractivity contribution in [2.75, 3.05) is 49.5 Å². The van der Waals surface area contributed by atoms with E-state index in [-0.39, 0.29) is 17.4 Å². The van der Waals surface area contributed by atoms with Crippen LogP contribution in [-0.4, -0.2) is 82.4 Å². The Bertz CT molecular complexity index is 1010. The molecule has 0 spiro atoms. The van der Waals surface area contributed by atoms with E-state index >= 15 is 0 Å². The van der Waals surface area contributed by atoms with Gasteiger partial charge in [0, 0.05) is 56.9 Å². The molecule has 5 rings (SSSR count). The maximum Gasteiger partial charge on any atom is 0.321 e. The SMILES string of the molecule is CC(C)N1CCN(c2ncccc2NC(=O)N2CCC(C)(c3noc([C@@H]4C[C@@H]4F)n3)CC2)CC1. The number of nitrogens with zero attached hydrogens (tertiary/aromatic N) is 6. The lowest BCUT2D eigenvalue weighted by Crippen LogP contribution is -2.49. The maximum atomic E-state index is 13.3. The van der Waals surface area contributed by atoms with E-state index < -0.39 is 6.17 Å². The maximum absolute atomic E-state index is 13.3. The number of likely N-dealkylation sites (tertiary alicyclic amines) is 1. The third kappa shape index (κ3) is 4.60. The lowest BCUT2D eigenvalue weighted by Gasteiger charge is -2.39. The van der Waals surface area contributed by atoms with Gasteiger partial charge in [-0.15, -0.1) is 0 Å². The Morgan fingerprint density at radius 3 is 2.56 bits per heavy atom. The molecule has 34 heavy (non-hydrogen) atoms. The van der Waals surface area contributed by atoms with E-state index in [4.69, 9.17) is 4.52 Å². The van der Waals surface area contributed by atoms with Crippen molar-refractivity contribution in [3.05, 3.63) is 30.0 Å². The molecular formula is C24H34FN7O2. The number of piperidine rings is 1. The van der Waals surface area contributed by atoms with Gasteiger partial charge in [-0.25, -0.2) is 14.2 Å². The van der Waals surface area contributed by atoms with Crippen LogP contribution >= 0.6 is 0 Å². The van der Waals surface area contributed by atoms with Crippen LogP contribution < -0.4 is 10.2 Å². The van der Waals surface area contributed by atoms with Crippen LogP contribution in [0.2, 0.25) is 0 Å². The molecule has 0 radical (unpaired) electrons. The molecule has 0 aromatic carbocycles. The van der Waals surface area contributed by atoms with Crippen LogP contribution in [0.5, 0.6) is 0 Å². The van der Waals surface area contributed by atoms with Crippen molar-refractivity contribution >= 4 is 17.5 Å². The highest BCUT2D eigenvalue weighted by Crippen LogP contribution is 2.43. The molecule has 4 heterocycles. The van der Waals surface area contributed by atoms with Gasteiger partial charge in [0.1, 0.15) is 6.17 Å². The Morgan fingerprint density at radius 2 is 1.91 bits per heavy atom. The minimum atomic E-state index is -0.858. The van der Waals surface area contributed by atoms with Crippen molar-refractivity contribution in [1.29, 1.82) is 0 Å². The van der Waals surface area contributed by atoms with Gasteiger partial charge in [0.2, 0.25) is 5.89 Å². The summed E-state index contributed by atoms with van der Waals surface area (Å²) >= 11 is 0. The third-order valence-electron chi connectivity index (χ3n) is 7.54. The molecule has 3 fully saturated rings. The van der Waals surface area contributed by atoms with Gasteiger partial charge in [0.25, 0.3) is 0 Å². The van der Waals surface area contributed by atoms with E-state index in [9.17, 15) is 9.18 Å². The Labute approximate surface area is 199 Å². The second-order valence-electron chi connectivity index (χ2n) is 10.3. The highest BCUT2D eigenvalue weighted by Gasteiger charge is 2.45. The lowest BCUT2D eigenvalue weighted by atomic mass is 9.80. The van der Waals surface area contributed by atoms with E-state index in [1.807, 2.05) is 17.0 Å². The quantitative estimate of drug-likeness (QED) is 0.715. The van der Waals surface area contributed by atoms with Gasteiger partial charge in [-0.1, -0.05) is 12.1 Å². The summed E-state index contributed by atoms with van der Waals surface area (Å²) in [6, 6.07) is 4.18. The van der Waals surface area contributed by atoms with Gasteiger partial charge < -0.3 is 19.6 Å². The topological polar surface area (TPSA) is 90.6 Å². The number of hydrogen-bond acceptors (Lipinski definition) is 7. The van der Waals surface area contributed by atoms with Gasteiger partial charge in [-0.3, -0.25) is 4.90 Å². The van der Waals surface area contributed by atoms with Crippen molar-refractivity contribution in [3.63, 3.8) is 0 Å². The average Bonchev–Trinajstić information content (AvgIpc) is 3.36. The average molecular weight is 472 g/mol. The summed E-state index contributed by atoms with van der Waals surface area (Å²) in [4.78, 5) is 28.7. The van der Waals surface area contributed by atoms with E-state index in [0.717, 1.165) is 50.5 Å². The van der Waals surface area contributed by atoms with Gasteiger partial charge in [0.05, 0.1) is 11.6 Å². The number of rotatable bonds is 5. The van der Waals surface area contributed by atoms with Crippen LogP contribution in [0.25, 0.3) is 0 Å². The number of carbonyl (C=O) groups is 1. The fraction of sp³-hybridized carbons (Fsp3) is 0.667. The third-order valence-corrected chi connectivity index (χ3v) is 7.54. The summed E-state index contributed by atoms with van der Waals surface area (Å²) in [5, 5.41) is 7.22. The number of carbonyl (C=O) groups excluding carboxylic acids is 1. The molecule has 10 heteroatoms. The van der Waals surface area contributed by atoms with Crippen LogP contribution in [0.1, 0.15) is 57.7 Å². The summed E-state index contributed by atoms with van der Waals surface area (Å²) in [5.41, 5.74) is 0.460. The second-order valence-corrected chi connectivity index (χ2v) is 10.3. The molecule has 2 atom stereocenters. The Balaban J connectivity index is 1.19. The largest absolute Gasteiger partial charge is 0.352 e. The molecule has 2 amide bonds. The number of halogens is 1. The molecule has 2 saturated heterocycles. The molecule has 2 aromatic heterocycles. The zero-order chi connectivity index (χ0) is 23.9. The Kier molecular flexibility index (Phi) is 6.18. The van der Waals surface area contributed by atoms with E-state index in [1.54, 1.807) is 6.20 Å². The number of anilines is 2. The van der Waals surface area contributed by atoms with Gasteiger partial charge in [-0.2, -0.15) is 4.98 Å². The molecule has 0 unspecified atom stereocenters. The Hall–Kier alpha value is -2.75. The zero-order valence-corrected chi connectivity index (χ0v) is 20.2. The molecule has 3 aliphatic rings. The first kappa shape index (κ1) is 23.0. The molecule has 2 aromatic rings. The van der Waals surface area contributed by atoms with Crippen molar-refractivity contribution in [3.8, 4) is 0 Å². The second kappa shape index (κ2) is 9.13. The highest BCUT2D eigenvalue weighted by atomic mass is 19.1. The number of aromatic nitrogens is 3. The predicted octanol–water partition coefficient (Wildman–Crippen LogP) is 3.41. The molecule has 9 nitrogen and oxygen atoms in total. The van der Waals surface area contributed by atoms with Crippen molar-refractivity contribution in [2.45, 2.75) is 63.6 Å². The number of amides is 2. The standard InChI is InChI=1S/C24H34FN7O2/c1-16(2)30-11-13-31(14-12-30)20-19(5-4-8-26-20)27-23(33)32-9-6-24(3,7-10-32)22-28-21(34-29-22)17-15-18(17)25/h4-5,8,16-18H,6-7,9-15H2,1-3H3,(H,27,33)/t17-,18+/m1/s1. The number of hydrogen-bond donors (Lipinski definition) is 1. The van der Waals surface area contributed by atoms with Gasteiger partial charge >= 0.3 is 6.03 Å². The van der Waals surface area contributed by atoms with E-state index in [1.165, 1.54) is 0 Å². The van der Waals surface area contributed by atoms with Crippen LogP contribution in [0.15, 0.2) is 22.9 Å². The van der Waals surface area contributed by atoms with Crippen LogP contribution in [0, 0.1) is 0 Å². The van der Waals surface area contributed by atoms with E-state index in [0.29, 0.717) is 37.3 Å². The number of pyridine rings is 1. The van der Waals surface area contributed by atoms with Crippen molar-refractivity contribution in [1.82, 2.24) is 24.9 Å². The molecule has 1 N–H and O–H groups in total. The van der Waals surface area contributed by atoms with E-state index in [2.05, 4.69) is 51.0 Å². The summed E-state index contributed by atoms with van der Waals surface area (Å²) in [6.07, 6.45) is 2.83. The summed E-state index contributed by atoms with van der Waals surface area (Å²) < 4.78 is 18.6. The molecular weight excluding hydrogens is 437 g/mol. The zero-order valence-electron chi connectivity index (χ0n) is 20.2. The van der Waals surface area contributed by atoms with Crippen LogP contribution in [0.3, 0.4) is 0 Å². The fourth-order valence-corrected chi connectivity index (χ4v) is 4.87.